The van der Waals surface area contributed by atoms with E-state index in [0.29, 0.717) is 11.3 Å². The lowest BCUT2D eigenvalue weighted by atomic mass is 10.1. The van der Waals surface area contributed by atoms with Crippen molar-refractivity contribution in [1.82, 2.24) is 10.2 Å². The molecule has 2 N–H and O–H groups in total. The molecule has 5 nitrogen and oxygen atoms in total. The van der Waals surface area contributed by atoms with Crippen molar-refractivity contribution in [1.29, 1.82) is 0 Å². The number of sulfonamides is 1. The topological polar surface area (TPSA) is 74.8 Å². The van der Waals surface area contributed by atoms with Gasteiger partial charge in [0.05, 0.1) is 11.4 Å². The molecule has 0 fully saturated rings. The number of halogens is 1. The molecule has 0 bridgehead atoms. The Morgan fingerprint density at radius 1 is 1.08 bits per heavy atom. The summed E-state index contributed by atoms with van der Waals surface area (Å²) < 4.78 is 39.8. The van der Waals surface area contributed by atoms with Crippen LogP contribution in [0, 0.1) is 12.7 Å². The molecule has 1 heterocycles. The summed E-state index contributed by atoms with van der Waals surface area (Å²) in [6.07, 6.45) is 0. The first-order valence-corrected chi connectivity index (χ1v) is 8.94. The Morgan fingerprint density at radius 3 is 2.33 bits per heavy atom. The van der Waals surface area contributed by atoms with Gasteiger partial charge in [0.1, 0.15) is 5.82 Å². The van der Waals surface area contributed by atoms with Crippen molar-refractivity contribution in [3.05, 3.63) is 71.7 Å². The Kier molecular flexibility index (Phi) is 4.35. The zero-order chi connectivity index (χ0) is 17.2. The molecule has 0 saturated heterocycles. The van der Waals surface area contributed by atoms with E-state index in [0.717, 1.165) is 17.0 Å². The van der Waals surface area contributed by atoms with Gasteiger partial charge in [-0.25, -0.2) is 12.8 Å². The van der Waals surface area contributed by atoms with Crippen LogP contribution >= 0.6 is 0 Å². The number of aromatic nitrogens is 2. The average molecular weight is 345 g/mol. The van der Waals surface area contributed by atoms with Gasteiger partial charge < -0.3 is 0 Å². The van der Waals surface area contributed by atoms with Gasteiger partial charge in [-0.15, -0.1) is 0 Å². The van der Waals surface area contributed by atoms with E-state index in [4.69, 9.17) is 0 Å². The summed E-state index contributed by atoms with van der Waals surface area (Å²) in [5, 5.41) is 7.02. The van der Waals surface area contributed by atoms with Gasteiger partial charge in [0.25, 0.3) is 0 Å². The maximum Gasteiger partial charge on any atom is 0.236 e. The Labute approximate surface area is 139 Å². The zero-order valence-electron chi connectivity index (χ0n) is 13.0. The highest BCUT2D eigenvalue weighted by Gasteiger charge is 2.12. The van der Waals surface area contributed by atoms with Crippen molar-refractivity contribution in [3.63, 3.8) is 0 Å². The molecular formula is C17H16FN3O2S. The number of benzene rings is 2. The number of hydrogen-bond donors (Lipinski definition) is 2. The van der Waals surface area contributed by atoms with Crippen molar-refractivity contribution in [3.8, 4) is 11.3 Å². The van der Waals surface area contributed by atoms with Gasteiger partial charge in [-0.2, -0.15) is 5.10 Å². The van der Waals surface area contributed by atoms with Crippen LogP contribution in [-0.2, 0) is 15.8 Å². The number of nitrogens with one attached hydrogen (secondary N) is 2. The summed E-state index contributed by atoms with van der Waals surface area (Å²) in [4.78, 5) is 0. The van der Waals surface area contributed by atoms with E-state index >= 15 is 0 Å². The maximum absolute atomic E-state index is 12.9. The maximum atomic E-state index is 12.9. The summed E-state index contributed by atoms with van der Waals surface area (Å²) in [6, 6.07) is 14.3. The van der Waals surface area contributed by atoms with Gasteiger partial charge in [0.15, 0.2) is 0 Å². The molecule has 0 aliphatic rings. The minimum Gasteiger partial charge on any atom is -0.283 e. The molecule has 0 radical (unpaired) electrons. The van der Waals surface area contributed by atoms with Crippen LogP contribution < -0.4 is 4.72 Å². The molecule has 0 aliphatic carbocycles. The van der Waals surface area contributed by atoms with Gasteiger partial charge in [-0.05, 0) is 42.8 Å². The fraction of sp³-hybridized carbons (Fsp3) is 0.118. The predicted octanol–water partition coefficient (Wildman–Crippen LogP) is 3.47. The summed E-state index contributed by atoms with van der Waals surface area (Å²) >= 11 is 0. The number of nitrogens with zero attached hydrogens (tertiary/aromatic N) is 1. The van der Waals surface area contributed by atoms with E-state index < -0.39 is 15.8 Å². The molecule has 1 aromatic heterocycles. The second-order valence-electron chi connectivity index (χ2n) is 5.50. The minimum atomic E-state index is -3.57. The second kappa shape index (κ2) is 6.45. The highest BCUT2D eigenvalue weighted by molar-refractivity contribution is 7.91. The monoisotopic (exact) mass is 345 g/mol. The molecule has 24 heavy (non-hydrogen) atoms. The van der Waals surface area contributed by atoms with E-state index in [9.17, 15) is 12.8 Å². The van der Waals surface area contributed by atoms with E-state index in [1.165, 1.54) is 24.3 Å². The quantitative estimate of drug-likeness (QED) is 0.743. The normalized spacial score (nSPS) is 11.4. The number of aryl methyl sites for hydroxylation is 1. The van der Waals surface area contributed by atoms with Gasteiger partial charge >= 0.3 is 0 Å². The molecule has 2 aromatic carbocycles. The highest BCUT2D eigenvalue weighted by Crippen LogP contribution is 2.21. The number of hydrogen-bond acceptors (Lipinski definition) is 3. The molecule has 0 unspecified atom stereocenters. The van der Waals surface area contributed by atoms with Gasteiger partial charge in [0, 0.05) is 16.9 Å². The van der Waals surface area contributed by atoms with E-state index in [1.807, 2.05) is 13.0 Å². The summed E-state index contributed by atoms with van der Waals surface area (Å²) in [5.41, 5.74) is 3.63. The predicted molar refractivity (Wildman–Crippen MR) is 91.4 cm³/mol. The van der Waals surface area contributed by atoms with E-state index in [1.54, 1.807) is 24.3 Å². The van der Waals surface area contributed by atoms with Crippen LogP contribution in [-0.4, -0.2) is 18.6 Å². The summed E-state index contributed by atoms with van der Waals surface area (Å²) in [7, 11) is -3.57. The Bertz CT molecular complexity index is 933. The Morgan fingerprint density at radius 2 is 1.75 bits per heavy atom. The smallest absolute Gasteiger partial charge is 0.236 e. The molecule has 0 spiro atoms. The molecular weight excluding hydrogens is 329 g/mol. The number of rotatable bonds is 5. The van der Waals surface area contributed by atoms with Gasteiger partial charge in [-0.3, -0.25) is 9.82 Å². The Hall–Kier alpha value is -2.67. The van der Waals surface area contributed by atoms with Crippen LogP contribution in [0.2, 0.25) is 0 Å². The highest BCUT2D eigenvalue weighted by atomic mass is 32.2. The third-order valence-corrected chi connectivity index (χ3v) is 4.69. The zero-order valence-corrected chi connectivity index (χ0v) is 13.8. The molecule has 124 valence electrons. The standard InChI is InChI=1S/C17H16FN3O2S/c1-12-10-17(20-19-12)14-4-8-16(9-5-14)21-24(22,23)11-13-2-6-15(18)7-3-13/h2-10,21H,11H2,1H3,(H,19,20). The van der Waals surface area contributed by atoms with Crippen LogP contribution in [0.5, 0.6) is 0 Å². The molecule has 7 heteroatoms. The fourth-order valence-corrected chi connectivity index (χ4v) is 3.49. The van der Waals surface area contributed by atoms with E-state index in [2.05, 4.69) is 14.9 Å². The second-order valence-corrected chi connectivity index (χ2v) is 7.22. The molecule has 0 aliphatic heterocycles. The van der Waals surface area contributed by atoms with Crippen molar-refractivity contribution in [2.45, 2.75) is 12.7 Å². The first-order valence-electron chi connectivity index (χ1n) is 7.29. The lowest BCUT2D eigenvalue weighted by molar-refractivity contribution is 0.600. The first-order chi connectivity index (χ1) is 11.4. The summed E-state index contributed by atoms with van der Waals surface area (Å²) in [5.74, 6) is -0.610. The molecule has 3 aromatic rings. The van der Waals surface area contributed by atoms with Crippen molar-refractivity contribution in [2.24, 2.45) is 0 Å². The first kappa shape index (κ1) is 16.2. The largest absolute Gasteiger partial charge is 0.283 e. The van der Waals surface area contributed by atoms with Crippen LogP contribution in [0.25, 0.3) is 11.3 Å². The van der Waals surface area contributed by atoms with Gasteiger partial charge in [0.2, 0.25) is 10.0 Å². The average Bonchev–Trinajstić information content (AvgIpc) is 2.96. The lowest BCUT2D eigenvalue weighted by Gasteiger charge is -2.08. The SMILES string of the molecule is Cc1cc(-c2ccc(NS(=O)(=O)Cc3ccc(F)cc3)cc2)n[nH]1. The molecule has 0 atom stereocenters. The van der Waals surface area contributed by atoms with Crippen molar-refractivity contribution in [2.75, 3.05) is 4.72 Å². The number of anilines is 1. The van der Waals surface area contributed by atoms with Crippen LogP contribution in [0.4, 0.5) is 10.1 Å². The third-order valence-electron chi connectivity index (χ3n) is 3.43. The number of H-pyrrole nitrogens is 1. The molecule has 0 saturated carbocycles. The molecule has 3 rings (SSSR count). The Balaban J connectivity index is 1.71. The van der Waals surface area contributed by atoms with E-state index in [-0.39, 0.29) is 5.75 Å². The van der Waals surface area contributed by atoms with Crippen LogP contribution in [0.3, 0.4) is 0 Å². The van der Waals surface area contributed by atoms with Crippen LogP contribution in [0.1, 0.15) is 11.3 Å². The van der Waals surface area contributed by atoms with Crippen molar-refractivity contribution < 1.29 is 12.8 Å². The fourth-order valence-electron chi connectivity index (χ4n) is 2.29. The number of aromatic amines is 1. The van der Waals surface area contributed by atoms with Gasteiger partial charge in [-0.1, -0.05) is 24.3 Å². The third kappa shape index (κ3) is 3.99. The minimum absolute atomic E-state index is 0.215. The molecule has 0 amide bonds. The summed E-state index contributed by atoms with van der Waals surface area (Å²) in [6.45, 7) is 1.91. The van der Waals surface area contributed by atoms with Crippen molar-refractivity contribution >= 4 is 15.7 Å². The van der Waals surface area contributed by atoms with Crippen LogP contribution in [0.15, 0.2) is 54.6 Å². The lowest BCUT2D eigenvalue weighted by Crippen LogP contribution is -2.15.